The predicted octanol–water partition coefficient (Wildman–Crippen LogP) is 1.64. The minimum atomic E-state index is -0.832. The third kappa shape index (κ3) is 3.53. The second kappa shape index (κ2) is 5.73. The van der Waals surface area contributed by atoms with Gasteiger partial charge in [0.1, 0.15) is 0 Å². The van der Waals surface area contributed by atoms with Crippen molar-refractivity contribution >= 4 is 11.9 Å². The van der Waals surface area contributed by atoms with Gasteiger partial charge in [-0.3, -0.25) is 9.59 Å². The van der Waals surface area contributed by atoms with Crippen LogP contribution in [0.1, 0.15) is 45.4 Å². The SMILES string of the molecule is CCC(=O)N(CCC(=O)O)C1CCCC1. The number of nitrogens with zero attached hydrogens (tertiary/aromatic N) is 1. The Bertz CT molecular complexity index is 234. The summed E-state index contributed by atoms with van der Waals surface area (Å²) >= 11 is 0. The molecular weight excluding hydrogens is 194 g/mol. The Kier molecular flexibility index (Phi) is 4.59. The maximum Gasteiger partial charge on any atom is 0.305 e. The molecule has 1 saturated carbocycles. The minimum Gasteiger partial charge on any atom is -0.481 e. The van der Waals surface area contributed by atoms with Gasteiger partial charge in [0.15, 0.2) is 0 Å². The molecule has 0 heterocycles. The van der Waals surface area contributed by atoms with E-state index < -0.39 is 5.97 Å². The Labute approximate surface area is 90.3 Å². The van der Waals surface area contributed by atoms with Crippen molar-refractivity contribution in [2.24, 2.45) is 0 Å². The molecule has 0 bridgehead atoms. The number of amides is 1. The number of carbonyl (C=O) groups excluding carboxylic acids is 1. The molecule has 0 saturated heterocycles. The third-order valence-electron chi connectivity index (χ3n) is 2.95. The number of aliphatic carboxylic acids is 1. The summed E-state index contributed by atoms with van der Waals surface area (Å²) in [6.45, 7) is 2.19. The van der Waals surface area contributed by atoms with Crippen LogP contribution in [0.25, 0.3) is 0 Å². The number of rotatable bonds is 5. The second-order valence-corrected chi connectivity index (χ2v) is 4.02. The van der Waals surface area contributed by atoms with E-state index in [4.69, 9.17) is 5.11 Å². The smallest absolute Gasteiger partial charge is 0.305 e. The van der Waals surface area contributed by atoms with Gasteiger partial charge in [-0.1, -0.05) is 19.8 Å². The molecule has 86 valence electrons. The number of carboxylic acids is 1. The van der Waals surface area contributed by atoms with Crippen LogP contribution in [0.15, 0.2) is 0 Å². The van der Waals surface area contributed by atoms with Crippen LogP contribution in [0.2, 0.25) is 0 Å². The first-order chi connectivity index (χ1) is 7.15. The van der Waals surface area contributed by atoms with Crippen LogP contribution in [0.5, 0.6) is 0 Å². The monoisotopic (exact) mass is 213 g/mol. The van der Waals surface area contributed by atoms with Crippen molar-refractivity contribution in [3.05, 3.63) is 0 Å². The lowest BCUT2D eigenvalue weighted by Crippen LogP contribution is -2.39. The topological polar surface area (TPSA) is 57.6 Å². The lowest BCUT2D eigenvalue weighted by molar-refractivity contribution is -0.139. The highest BCUT2D eigenvalue weighted by Crippen LogP contribution is 2.24. The molecule has 4 nitrogen and oxygen atoms in total. The molecule has 0 aliphatic heterocycles. The van der Waals surface area contributed by atoms with Crippen molar-refractivity contribution in [1.82, 2.24) is 4.90 Å². The van der Waals surface area contributed by atoms with Gasteiger partial charge in [0.2, 0.25) is 5.91 Å². The lowest BCUT2D eigenvalue weighted by atomic mass is 10.2. The largest absolute Gasteiger partial charge is 0.481 e. The number of hydrogen-bond acceptors (Lipinski definition) is 2. The van der Waals surface area contributed by atoms with Crippen molar-refractivity contribution < 1.29 is 14.7 Å². The van der Waals surface area contributed by atoms with Gasteiger partial charge < -0.3 is 10.0 Å². The van der Waals surface area contributed by atoms with Crippen LogP contribution in [0, 0.1) is 0 Å². The van der Waals surface area contributed by atoms with E-state index in [9.17, 15) is 9.59 Å². The fraction of sp³-hybridized carbons (Fsp3) is 0.818. The second-order valence-electron chi connectivity index (χ2n) is 4.02. The average molecular weight is 213 g/mol. The summed E-state index contributed by atoms with van der Waals surface area (Å²) in [5.41, 5.74) is 0. The summed E-state index contributed by atoms with van der Waals surface area (Å²) in [5, 5.41) is 8.62. The van der Waals surface area contributed by atoms with E-state index in [1.54, 1.807) is 4.90 Å². The maximum absolute atomic E-state index is 11.6. The summed E-state index contributed by atoms with van der Waals surface area (Å²) < 4.78 is 0. The molecule has 1 rings (SSSR count). The summed E-state index contributed by atoms with van der Waals surface area (Å²) in [4.78, 5) is 23.9. The normalized spacial score (nSPS) is 16.6. The molecule has 0 aromatic carbocycles. The summed E-state index contributed by atoms with van der Waals surface area (Å²) in [7, 11) is 0. The van der Waals surface area contributed by atoms with E-state index in [0.717, 1.165) is 25.7 Å². The van der Waals surface area contributed by atoms with Crippen LogP contribution < -0.4 is 0 Å². The first-order valence-corrected chi connectivity index (χ1v) is 5.66. The van der Waals surface area contributed by atoms with Crippen LogP contribution in [0.3, 0.4) is 0 Å². The van der Waals surface area contributed by atoms with Crippen LogP contribution in [0.4, 0.5) is 0 Å². The van der Waals surface area contributed by atoms with E-state index in [1.165, 1.54) is 0 Å². The molecule has 0 spiro atoms. The molecule has 0 radical (unpaired) electrons. The predicted molar refractivity (Wildman–Crippen MR) is 56.5 cm³/mol. The zero-order valence-corrected chi connectivity index (χ0v) is 9.24. The molecule has 0 atom stereocenters. The summed E-state index contributed by atoms with van der Waals surface area (Å²) in [6.07, 6.45) is 4.91. The van der Waals surface area contributed by atoms with Crippen molar-refractivity contribution in [2.75, 3.05) is 6.54 Å². The molecule has 1 N–H and O–H groups in total. The zero-order chi connectivity index (χ0) is 11.3. The fourth-order valence-electron chi connectivity index (χ4n) is 2.15. The van der Waals surface area contributed by atoms with E-state index in [0.29, 0.717) is 13.0 Å². The Morgan fingerprint density at radius 2 is 1.93 bits per heavy atom. The van der Waals surface area contributed by atoms with Gasteiger partial charge in [0.25, 0.3) is 0 Å². The Balaban J connectivity index is 2.51. The highest BCUT2D eigenvalue weighted by molar-refractivity contribution is 5.77. The Morgan fingerprint density at radius 1 is 1.33 bits per heavy atom. The van der Waals surface area contributed by atoms with E-state index >= 15 is 0 Å². The van der Waals surface area contributed by atoms with Crippen molar-refractivity contribution in [3.63, 3.8) is 0 Å². The van der Waals surface area contributed by atoms with E-state index in [2.05, 4.69) is 0 Å². The lowest BCUT2D eigenvalue weighted by Gasteiger charge is -2.28. The van der Waals surface area contributed by atoms with Crippen LogP contribution >= 0.6 is 0 Å². The molecule has 1 amide bonds. The first kappa shape index (κ1) is 12.0. The summed E-state index contributed by atoms with van der Waals surface area (Å²) in [6, 6.07) is 0.289. The molecule has 1 fully saturated rings. The average Bonchev–Trinajstić information content (AvgIpc) is 2.70. The number of carbonyl (C=O) groups is 2. The summed E-state index contributed by atoms with van der Waals surface area (Å²) in [5.74, 6) is -0.745. The zero-order valence-electron chi connectivity index (χ0n) is 9.24. The van der Waals surface area contributed by atoms with Gasteiger partial charge in [-0.05, 0) is 12.8 Å². The fourth-order valence-corrected chi connectivity index (χ4v) is 2.15. The molecule has 1 aliphatic carbocycles. The molecule has 0 unspecified atom stereocenters. The van der Waals surface area contributed by atoms with Crippen LogP contribution in [-0.4, -0.2) is 34.5 Å². The van der Waals surface area contributed by atoms with Gasteiger partial charge in [-0.15, -0.1) is 0 Å². The van der Waals surface area contributed by atoms with E-state index in [-0.39, 0.29) is 18.4 Å². The molecule has 0 aromatic heterocycles. The molecule has 15 heavy (non-hydrogen) atoms. The Hall–Kier alpha value is -1.06. The van der Waals surface area contributed by atoms with Gasteiger partial charge in [0.05, 0.1) is 6.42 Å². The quantitative estimate of drug-likeness (QED) is 0.755. The van der Waals surface area contributed by atoms with Crippen molar-refractivity contribution in [2.45, 2.75) is 51.5 Å². The van der Waals surface area contributed by atoms with Gasteiger partial charge >= 0.3 is 5.97 Å². The molecular formula is C11H19NO3. The first-order valence-electron chi connectivity index (χ1n) is 5.66. The van der Waals surface area contributed by atoms with E-state index in [1.807, 2.05) is 6.92 Å². The highest BCUT2D eigenvalue weighted by atomic mass is 16.4. The van der Waals surface area contributed by atoms with Gasteiger partial charge in [0, 0.05) is 19.0 Å². The third-order valence-corrected chi connectivity index (χ3v) is 2.95. The molecule has 1 aliphatic rings. The maximum atomic E-state index is 11.6. The minimum absolute atomic E-state index is 0.0578. The van der Waals surface area contributed by atoms with Gasteiger partial charge in [-0.2, -0.15) is 0 Å². The highest BCUT2D eigenvalue weighted by Gasteiger charge is 2.25. The number of hydrogen-bond donors (Lipinski definition) is 1. The van der Waals surface area contributed by atoms with Crippen molar-refractivity contribution in [3.8, 4) is 0 Å². The Morgan fingerprint density at radius 3 is 2.40 bits per heavy atom. The molecule has 0 aromatic rings. The number of carboxylic acid groups (broad SMARTS) is 1. The van der Waals surface area contributed by atoms with Crippen LogP contribution in [-0.2, 0) is 9.59 Å². The molecule has 4 heteroatoms. The van der Waals surface area contributed by atoms with Crippen molar-refractivity contribution in [1.29, 1.82) is 0 Å². The standard InChI is InChI=1S/C11H19NO3/c1-2-10(13)12(8-7-11(14)15)9-5-3-4-6-9/h9H,2-8H2,1H3,(H,14,15). The van der Waals surface area contributed by atoms with Gasteiger partial charge in [-0.25, -0.2) is 0 Å².